The van der Waals surface area contributed by atoms with E-state index in [2.05, 4.69) is 34.3 Å². The van der Waals surface area contributed by atoms with Gasteiger partial charge in [0.2, 0.25) is 0 Å². The van der Waals surface area contributed by atoms with Gasteiger partial charge in [-0.15, -0.1) is 0 Å². The maximum absolute atomic E-state index is 6.21. The Labute approximate surface area is 193 Å². The highest BCUT2D eigenvalue weighted by atomic mass is 16.5. The van der Waals surface area contributed by atoms with Gasteiger partial charge in [0.25, 0.3) is 0 Å². The molecule has 0 aliphatic carbocycles. The molecule has 1 saturated heterocycles. The molecule has 0 bridgehead atoms. The number of hydrogen-bond acceptors (Lipinski definition) is 6. The fourth-order valence-electron chi connectivity index (χ4n) is 4.14. The first-order valence-electron chi connectivity index (χ1n) is 11.5. The second-order valence-corrected chi connectivity index (χ2v) is 8.24. The summed E-state index contributed by atoms with van der Waals surface area (Å²) in [5.41, 5.74) is 4.84. The molecule has 1 aliphatic heterocycles. The molecule has 1 aliphatic rings. The molecule has 0 spiro atoms. The zero-order valence-electron chi connectivity index (χ0n) is 18.8. The number of aromatic nitrogens is 5. The van der Waals surface area contributed by atoms with Crippen molar-refractivity contribution in [2.75, 3.05) is 13.1 Å². The molecule has 0 atom stereocenters. The van der Waals surface area contributed by atoms with Gasteiger partial charge in [-0.05, 0) is 68.8 Å². The normalized spacial score (nSPS) is 14.3. The summed E-state index contributed by atoms with van der Waals surface area (Å²) < 4.78 is 8.14. The Morgan fingerprint density at radius 3 is 2.82 bits per heavy atom. The molecular weight excluding hydrogens is 412 g/mol. The SMILES string of the molecule is CCn1cc(-c2ccnc(Cc3cccc(OC4CCNCC4)c3)n2)c(-c2cccnc2)n1. The van der Waals surface area contributed by atoms with E-state index in [1.807, 2.05) is 53.6 Å². The largest absolute Gasteiger partial charge is 0.490 e. The Morgan fingerprint density at radius 1 is 1.09 bits per heavy atom. The highest BCUT2D eigenvalue weighted by Crippen LogP contribution is 2.29. The van der Waals surface area contributed by atoms with Crippen LogP contribution in [0.15, 0.2) is 67.3 Å². The minimum atomic E-state index is 0.280. The van der Waals surface area contributed by atoms with Crippen molar-refractivity contribution in [1.82, 2.24) is 30.0 Å². The van der Waals surface area contributed by atoms with Crippen LogP contribution in [-0.2, 0) is 13.0 Å². The standard InChI is InChI=1S/C26H28N6O/c1-2-32-18-23(26(31-32)20-6-4-11-28-17-20)24-10-14-29-25(30-24)16-19-5-3-7-22(15-19)33-21-8-12-27-13-9-21/h3-7,10-11,14-15,17-18,21,27H,2,8-9,12-13,16H2,1H3. The molecule has 0 amide bonds. The van der Waals surface area contributed by atoms with E-state index in [0.717, 1.165) is 72.1 Å². The van der Waals surface area contributed by atoms with Crippen LogP contribution in [0.3, 0.4) is 0 Å². The second kappa shape index (κ2) is 9.92. The van der Waals surface area contributed by atoms with Crippen LogP contribution in [-0.4, -0.2) is 43.9 Å². The van der Waals surface area contributed by atoms with Gasteiger partial charge >= 0.3 is 0 Å². The van der Waals surface area contributed by atoms with E-state index in [4.69, 9.17) is 14.8 Å². The van der Waals surface area contributed by atoms with Crippen molar-refractivity contribution in [2.24, 2.45) is 0 Å². The van der Waals surface area contributed by atoms with Gasteiger partial charge in [0.05, 0.1) is 5.69 Å². The number of nitrogens with zero attached hydrogens (tertiary/aromatic N) is 5. The highest BCUT2D eigenvalue weighted by Gasteiger charge is 2.16. The fraction of sp³-hybridized carbons (Fsp3) is 0.308. The molecule has 0 saturated carbocycles. The van der Waals surface area contributed by atoms with Crippen molar-refractivity contribution in [3.63, 3.8) is 0 Å². The first kappa shape index (κ1) is 21.3. The zero-order valence-corrected chi connectivity index (χ0v) is 18.8. The van der Waals surface area contributed by atoms with Gasteiger partial charge in [-0.1, -0.05) is 12.1 Å². The van der Waals surface area contributed by atoms with E-state index in [-0.39, 0.29) is 6.10 Å². The van der Waals surface area contributed by atoms with Crippen LogP contribution in [0.2, 0.25) is 0 Å². The summed E-state index contributed by atoms with van der Waals surface area (Å²) in [4.78, 5) is 13.7. The molecule has 0 radical (unpaired) electrons. The van der Waals surface area contributed by atoms with Crippen molar-refractivity contribution in [2.45, 2.75) is 38.8 Å². The molecule has 7 nitrogen and oxygen atoms in total. The monoisotopic (exact) mass is 440 g/mol. The molecule has 33 heavy (non-hydrogen) atoms. The number of rotatable bonds is 7. The lowest BCUT2D eigenvalue weighted by molar-refractivity contribution is 0.162. The number of ether oxygens (including phenoxy) is 1. The van der Waals surface area contributed by atoms with Crippen LogP contribution in [0.5, 0.6) is 5.75 Å². The van der Waals surface area contributed by atoms with Crippen LogP contribution in [0.4, 0.5) is 0 Å². The third-order valence-corrected chi connectivity index (χ3v) is 5.85. The van der Waals surface area contributed by atoms with Crippen LogP contribution in [0.1, 0.15) is 31.2 Å². The van der Waals surface area contributed by atoms with Gasteiger partial charge in [0.15, 0.2) is 0 Å². The van der Waals surface area contributed by atoms with Crippen molar-refractivity contribution < 1.29 is 4.74 Å². The molecule has 0 unspecified atom stereocenters. The molecule has 1 fully saturated rings. The molecule has 7 heteroatoms. The van der Waals surface area contributed by atoms with Gasteiger partial charge in [-0.3, -0.25) is 9.67 Å². The Balaban J connectivity index is 1.39. The van der Waals surface area contributed by atoms with Crippen LogP contribution >= 0.6 is 0 Å². The molecule has 168 valence electrons. The third kappa shape index (κ3) is 5.09. The zero-order chi connectivity index (χ0) is 22.5. The highest BCUT2D eigenvalue weighted by molar-refractivity contribution is 5.78. The maximum atomic E-state index is 6.21. The Kier molecular flexibility index (Phi) is 6.39. The van der Waals surface area contributed by atoms with E-state index in [0.29, 0.717) is 6.42 Å². The van der Waals surface area contributed by atoms with E-state index < -0.39 is 0 Å². The van der Waals surface area contributed by atoms with Gasteiger partial charge in [0.1, 0.15) is 23.4 Å². The van der Waals surface area contributed by atoms with Gasteiger partial charge in [-0.25, -0.2) is 9.97 Å². The van der Waals surface area contributed by atoms with Crippen LogP contribution < -0.4 is 10.1 Å². The van der Waals surface area contributed by atoms with Crippen molar-refractivity contribution >= 4 is 0 Å². The minimum absolute atomic E-state index is 0.280. The molecule has 5 rings (SSSR count). The van der Waals surface area contributed by atoms with Gasteiger partial charge < -0.3 is 10.1 Å². The summed E-state index contributed by atoms with van der Waals surface area (Å²) in [6.07, 6.45) is 10.5. The van der Waals surface area contributed by atoms with E-state index in [9.17, 15) is 0 Å². The summed E-state index contributed by atoms with van der Waals surface area (Å²) >= 11 is 0. The summed E-state index contributed by atoms with van der Waals surface area (Å²) in [5.74, 6) is 1.69. The first-order chi connectivity index (χ1) is 16.3. The van der Waals surface area contributed by atoms with Crippen LogP contribution in [0, 0.1) is 0 Å². The van der Waals surface area contributed by atoms with E-state index >= 15 is 0 Å². The number of pyridine rings is 1. The third-order valence-electron chi connectivity index (χ3n) is 5.85. The Bertz CT molecular complexity index is 1200. The lowest BCUT2D eigenvalue weighted by Gasteiger charge is -2.24. The second-order valence-electron chi connectivity index (χ2n) is 8.24. The summed E-state index contributed by atoms with van der Waals surface area (Å²) in [6, 6.07) is 14.2. The number of hydrogen-bond donors (Lipinski definition) is 1. The lowest BCUT2D eigenvalue weighted by atomic mass is 10.1. The molecule has 3 aromatic heterocycles. The predicted octanol–water partition coefficient (Wildman–Crippen LogP) is 4.14. The maximum Gasteiger partial charge on any atom is 0.133 e. The fourth-order valence-corrected chi connectivity index (χ4v) is 4.14. The molecule has 4 heterocycles. The Morgan fingerprint density at radius 2 is 2.00 bits per heavy atom. The van der Waals surface area contributed by atoms with Gasteiger partial charge in [-0.2, -0.15) is 5.10 Å². The van der Waals surface area contributed by atoms with E-state index in [1.54, 1.807) is 6.20 Å². The molecule has 1 aromatic carbocycles. The molecular formula is C26H28N6O. The van der Waals surface area contributed by atoms with E-state index in [1.165, 1.54) is 0 Å². The minimum Gasteiger partial charge on any atom is -0.490 e. The average molecular weight is 441 g/mol. The number of aryl methyl sites for hydroxylation is 1. The summed E-state index contributed by atoms with van der Waals surface area (Å²) in [7, 11) is 0. The summed E-state index contributed by atoms with van der Waals surface area (Å²) in [5, 5.41) is 8.13. The molecule has 1 N–H and O–H groups in total. The smallest absolute Gasteiger partial charge is 0.133 e. The average Bonchev–Trinajstić information content (AvgIpc) is 3.30. The quantitative estimate of drug-likeness (QED) is 0.465. The van der Waals surface area contributed by atoms with Crippen molar-refractivity contribution in [3.8, 4) is 28.3 Å². The number of piperidine rings is 1. The lowest BCUT2D eigenvalue weighted by Crippen LogP contribution is -2.34. The first-order valence-corrected chi connectivity index (χ1v) is 11.5. The number of nitrogens with one attached hydrogen (secondary N) is 1. The Hall–Kier alpha value is -3.58. The van der Waals surface area contributed by atoms with Crippen molar-refractivity contribution in [1.29, 1.82) is 0 Å². The van der Waals surface area contributed by atoms with Crippen LogP contribution in [0.25, 0.3) is 22.5 Å². The summed E-state index contributed by atoms with van der Waals surface area (Å²) in [6.45, 7) is 4.89. The van der Waals surface area contributed by atoms with Crippen molar-refractivity contribution in [3.05, 3.63) is 78.6 Å². The molecule has 4 aromatic rings. The number of benzene rings is 1. The van der Waals surface area contributed by atoms with Gasteiger partial charge in [0, 0.05) is 48.9 Å². The predicted molar refractivity (Wildman–Crippen MR) is 128 cm³/mol. The topological polar surface area (TPSA) is 77.8 Å².